The number of aromatic nitrogens is 1. The molecule has 1 aromatic heterocycles. The number of rotatable bonds is 5. The van der Waals surface area contributed by atoms with Crippen molar-refractivity contribution in [2.75, 3.05) is 6.54 Å². The first-order chi connectivity index (χ1) is 9.49. The third-order valence-electron chi connectivity index (χ3n) is 3.26. The molecule has 5 heteroatoms. The van der Waals surface area contributed by atoms with Crippen molar-refractivity contribution in [3.63, 3.8) is 0 Å². The highest BCUT2D eigenvalue weighted by Crippen LogP contribution is 2.25. The van der Waals surface area contributed by atoms with E-state index in [1.165, 1.54) is 0 Å². The second-order valence-corrected chi connectivity index (χ2v) is 5.48. The number of primary amides is 1. The molecule has 0 aliphatic carbocycles. The first-order valence-corrected chi connectivity index (χ1v) is 6.91. The van der Waals surface area contributed by atoms with E-state index in [4.69, 9.17) is 17.3 Å². The highest BCUT2D eigenvalue weighted by Gasteiger charge is 2.15. The molecule has 0 saturated heterocycles. The van der Waals surface area contributed by atoms with Gasteiger partial charge in [-0.15, -0.1) is 0 Å². The van der Waals surface area contributed by atoms with Crippen molar-refractivity contribution in [2.45, 2.75) is 26.4 Å². The number of carbonyl (C=O) groups excluding carboxylic acids is 1. The summed E-state index contributed by atoms with van der Waals surface area (Å²) in [5, 5.41) is 1.61. The van der Waals surface area contributed by atoms with Crippen LogP contribution < -0.4 is 5.73 Å². The molecule has 0 unspecified atom stereocenters. The lowest BCUT2D eigenvalue weighted by atomic mass is 10.1. The van der Waals surface area contributed by atoms with Gasteiger partial charge in [-0.05, 0) is 37.6 Å². The van der Waals surface area contributed by atoms with Gasteiger partial charge in [0.05, 0.1) is 12.1 Å². The molecule has 0 radical (unpaired) electrons. The highest BCUT2D eigenvalue weighted by molar-refractivity contribution is 6.35. The number of halogens is 1. The zero-order valence-electron chi connectivity index (χ0n) is 11.6. The van der Waals surface area contributed by atoms with Gasteiger partial charge in [-0.1, -0.05) is 17.7 Å². The van der Waals surface area contributed by atoms with E-state index in [1.807, 2.05) is 43.0 Å². The first kappa shape index (κ1) is 14.8. The summed E-state index contributed by atoms with van der Waals surface area (Å²) in [5.74, 6) is -0.329. The zero-order valence-corrected chi connectivity index (χ0v) is 12.4. The van der Waals surface area contributed by atoms with Crippen molar-refractivity contribution in [2.24, 2.45) is 5.73 Å². The van der Waals surface area contributed by atoms with E-state index >= 15 is 0 Å². The molecule has 20 heavy (non-hydrogen) atoms. The Morgan fingerprint density at radius 3 is 2.80 bits per heavy atom. The van der Waals surface area contributed by atoms with Gasteiger partial charge in [0.1, 0.15) is 0 Å². The Morgan fingerprint density at radius 2 is 2.15 bits per heavy atom. The van der Waals surface area contributed by atoms with Crippen LogP contribution in [0.3, 0.4) is 0 Å². The molecule has 106 valence electrons. The molecule has 0 atom stereocenters. The van der Waals surface area contributed by atoms with Gasteiger partial charge in [-0.2, -0.15) is 0 Å². The molecule has 1 aromatic carbocycles. The van der Waals surface area contributed by atoms with Crippen LogP contribution in [0.2, 0.25) is 5.02 Å². The molecular formula is C15H18ClN3O. The minimum atomic E-state index is -0.329. The fraction of sp³-hybridized carbons (Fsp3) is 0.333. The molecule has 1 heterocycles. The Balaban J connectivity index is 2.37. The van der Waals surface area contributed by atoms with E-state index in [0.29, 0.717) is 11.6 Å². The number of nitrogens with two attached hydrogens (primary N) is 1. The van der Waals surface area contributed by atoms with Crippen LogP contribution in [0.15, 0.2) is 30.5 Å². The van der Waals surface area contributed by atoms with Crippen LogP contribution in [0.25, 0.3) is 10.9 Å². The number of hydrogen-bond donors (Lipinski definition) is 1. The standard InChI is InChI=1S/C15H18ClN3O/c1-10(2)19(9-14(17)20)8-11-5-6-13(16)12-4-3-7-18-15(11)12/h3-7,10H,8-9H2,1-2H3,(H2,17,20). The molecule has 0 aliphatic heterocycles. The fourth-order valence-corrected chi connectivity index (χ4v) is 2.38. The average molecular weight is 292 g/mol. The molecule has 0 spiro atoms. The van der Waals surface area contributed by atoms with Crippen molar-refractivity contribution in [3.8, 4) is 0 Å². The molecule has 1 amide bonds. The summed E-state index contributed by atoms with van der Waals surface area (Å²) in [7, 11) is 0. The Labute approximate surface area is 123 Å². The van der Waals surface area contributed by atoms with Crippen molar-refractivity contribution < 1.29 is 4.79 Å². The third kappa shape index (κ3) is 3.26. The first-order valence-electron chi connectivity index (χ1n) is 6.53. The highest BCUT2D eigenvalue weighted by atomic mass is 35.5. The largest absolute Gasteiger partial charge is 0.369 e. The van der Waals surface area contributed by atoms with Gasteiger partial charge in [0.15, 0.2) is 0 Å². The lowest BCUT2D eigenvalue weighted by Crippen LogP contribution is -2.38. The number of fused-ring (bicyclic) bond motifs is 1. The molecule has 0 fully saturated rings. The predicted molar refractivity (Wildman–Crippen MR) is 81.5 cm³/mol. The molecule has 0 aliphatic rings. The molecule has 2 aromatic rings. The second kappa shape index (κ2) is 6.20. The lowest BCUT2D eigenvalue weighted by Gasteiger charge is -2.25. The van der Waals surface area contributed by atoms with Crippen LogP contribution in [0.4, 0.5) is 0 Å². The smallest absolute Gasteiger partial charge is 0.231 e. The zero-order chi connectivity index (χ0) is 14.7. The van der Waals surface area contributed by atoms with E-state index in [-0.39, 0.29) is 18.5 Å². The van der Waals surface area contributed by atoms with Crippen LogP contribution in [-0.2, 0) is 11.3 Å². The monoisotopic (exact) mass is 291 g/mol. The summed E-state index contributed by atoms with van der Waals surface area (Å²) in [6.45, 7) is 4.92. The van der Waals surface area contributed by atoms with Gasteiger partial charge < -0.3 is 5.73 Å². The van der Waals surface area contributed by atoms with E-state index in [9.17, 15) is 4.79 Å². The number of benzene rings is 1. The SMILES string of the molecule is CC(C)N(CC(N)=O)Cc1ccc(Cl)c2cccnc12. The number of hydrogen-bond acceptors (Lipinski definition) is 3. The van der Waals surface area contributed by atoms with Gasteiger partial charge in [0.25, 0.3) is 0 Å². The van der Waals surface area contributed by atoms with Crippen molar-refractivity contribution in [1.29, 1.82) is 0 Å². The fourth-order valence-electron chi connectivity index (χ4n) is 2.16. The number of pyridine rings is 1. The Bertz CT molecular complexity index is 628. The number of nitrogens with zero attached hydrogens (tertiary/aromatic N) is 2. The van der Waals surface area contributed by atoms with Crippen molar-refractivity contribution in [3.05, 3.63) is 41.0 Å². The summed E-state index contributed by atoms with van der Waals surface area (Å²) in [5.41, 5.74) is 7.22. The summed E-state index contributed by atoms with van der Waals surface area (Å²) in [6.07, 6.45) is 1.75. The van der Waals surface area contributed by atoms with Crippen molar-refractivity contribution >= 4 is 28.4 Å². The summed E-state index contributed by atoms with van der Waals surface area (Å²) in [4.78, 5) is 17.6. The maximum Gasteiger partial charge on any atom is 0.231 e. The normalized spacial score (nSPS) is 11.4. The minimum Gasteiger partial charge on any atom is -0.369 e. The van der Waals surface area contributed by atoms with Crippen LogP contribution in [0, 0.1) is 0 Å². The van der Waals surface area contributed by atoms with Crippen LogP contribution in [0.1, 0.15) is 19.4 Å². The van der Waals surface area contributed by atoms with Gasteiger partial charge in [-0.3, -0.25) is 14.7 Å². The van der Waals surface area contributed by atoms with Gasteiger partial charge >= 0.3 is 0 Å². The molecule has 2 rings (SSSR count). The Morgan fingerprint density at radius 1 is 1.40 bits per heavy atom. The minimum absolute atomic E-state index is 0.219. The van der Waals surface area contributed by atoms with Gasteiger partial charge in [-0.25, -0.2) is 0 Å². The Kier molecular flexibility index (Phi) is 4.57. The van der Waals surface area contributed by atoms with E-state index < -0.39 is 0 Å². The lowest BCUT2D eigenvalue weighted by molar-refractivity contribution is -0.119. The summed E-state index contributed by atoms with van der Waals surface area (Å²) < 4.78 is 0. The predicted octanol–water partition coefficient (Wildman–Crippen LogP) is 2.58. The topological polar surface area (TPSA) is 59.2 Å². The summed E-state index contributed by atoms with van der Waals surface area (Å²) >= 11 is 6.18. The van der Waals surface area contributed by atoms with Crippen LogP contribution in [-0.4, -0.2) is 28.4 Å². The second-order valence-electron chi connectivity index (χ2n) is 5.07. The van der Waals surface area contributed by atoms with E-state index in [0.717, 1.165) is 16.5 Å². The van der Waals surface area contributed by atoms with Crippen molar-refractivity contribution in [1.82, 2.24) is 9.88 Å². The average Bonchev–Trinajstić information content (AvgIpc) is 2.40. The van der Waals surface area contributed by atoms with E-state index in [1.54, 1.807) is 6.20 Å². The molecule has 4 nitrogen and oxygen atoms in total. The van der Waals surface area contributed by atoms with Crippen LogP contribution in [0.5, 0.6) is 0 Å². The van der Waals surface area contributed by atoms with E-state index in [2.05, 4.69) is 4.98 Å². The molecule has 2 N–H and O–H groups in total. The molecule has 0 saturated carbocycles. The molecule has 0 bridgehead atoms. The molecular weight excluding hydrogens is 274 g/mol. The van der Waals surface area contributed by atoms with Gasteiger partial charge in [0, 0.05) is 29.2 Å². The maximum absolute atomic E-state index is 11.2. The van der Waals surface area contributed by atoms with Gasteiger partial charge in [0.2, 0.25) is 5.91 Å². The summed E-state index contributed by atoms with van der Waals surface area (Å²) in [6, 6.07) is 7.85. The Hall–Kier alpha value is -1.65. The maximum atomic E-state index is 11.2. The number of amides is 1. The third-order valence-corrected chi connectivity index (χ3v) is 3.59. The van der Waals surface area contributed by atoms with Crippen LogP contribution >= 0.6 is 11.6 Å². The number of carbonyl (C=O) groups is 1. The quantitative estimate of drug-likeness (QED) is 0.921.